The van der Waals surface area contributed by atoms with Crippen LogP contribution < -0.4 is 16.6 Å². The van der Waals surface area contributed by atoms with Gasteiger partial charge in [-0.25, -0.2) is 9.18 Å². The Hall–Kier alpha value is -2.45. The van der Waals surface area contributed by atoms with Gasteiger partial charge in [-0.15, -0.1) is 0 Å². The van der Waals surface area contributed by atoms with E-state index in [-0.39, 0.29) is 29.1 Å². The lowest BCUT2D eigenvalue weighted by Gasteiger charge is -2.29. The molecule has 1 unspecified atom stereocenters. The number of hydrogen-bond acceptors (Lipinski definition) is 4. The number of carbonyl (C=O) groups excluding carboxylic acids is 1. The highest BCUT2D eigenvalue weighted by Gasteiger charge is 2.29. The third-order valence-electron chi connectivity index (χ3n) is 4.76. The van der Waals surface area contributed by atoms with E-state index in [9.17, 15) is 18.8 Å². The van der Waals surface area contributed by atoms with E-state index < -0.39 is 17.1 Å². The molecule has 0 saturated carbocycles. The van der Waals surface area contributed by atoms with Crippen LogP contribution in [0, 0.1) is 5.82 Å². The second-order valence-corrected chi connectivity index (χ2v) is 7.02. The van der Waals surface area contributed by atoms with Gasteiger partial charge in [0, 0.05) is 32.9 Å². The first-order valence-corrected chi connectivity index (χ1v) is 8.89. The number of aromatic nitrogens is 2. The van der Waals surface area contributed by atoms with E-state index in [0.29, 0.717) is 12.1 Å². The lowest BCUT2D eigenvalue weighted by atomic mass is 10.1. The number of rotatable bonds is 4. The van der Waals surface area contributed by atoms with Gasteiger partial charge in [-0.3, -0.25) is 14.2 Å². The van der Waals surface area contributed by atoms with Crippen LogP contribution in [0.25, 0.3) is 0 Å². The summed E-state index contributed by atoms with van der Waals surface area (Å²) in [6.45, 7) is 1.35. The van der Waals surface area contributed by atoms with Crippen LogP contribution in [0.1, 0.15) is 22.3 Å². The van der Waals surface area contributed by atoms with E-state index in [1.165, 1.54) is 29.9 Å². The molecule has 1 aliphatic heterocycles. The number of nitrogens with one attached hydrogen (secondary N) is 1. The lowest BCUT2D eigenvalue weighted by Crippen LogP contribution is -2.45. The van der Waals surface area contributed by atoms with Crippen molar-refractivity contribution < 1.29 is 9.18 Å². The molecule has 9 heteroatoms. The van der Waals surface area contributed by atoms with Gasteiger partial charge in [0.05, 0.1) is 22.7 Å². The Labute approximate surface area is 160 Å². The molecular weight excluding hydrogens is 375 g/mol. The number of carbonyl (C=O) groups is 1. The molecule has 7 nitrogen and oxygen atoms in total. The maximum absolute atomic E-state index is 13.3. The zero-order chi connectivity index (χ0) is 19.7. The average Bonchev–Trinajstić information content (AvgIpc) is 3.15. The van der Waals surface area contributed by atoms with Gasteiger partial charge in [-0.1, -0.05) is 11.6 Å². The molecule has 3 rings (SSSR count). The van der Waals surface area contributed by atoms with Crippen LogP contribution in [-0.2, 0) is 20.6 Å². The molecule has 0 spiro atoms. The second-order valence-electron chi connectivity index (χ2n) is 6.62. The SMILES string of the molecule is Cn1cc(CN(C(=O)c2ccc(F)cc2Cl)C2CCNC2)c(=O)n(C)c1=O. The average molecular weight is 395 g/mol. The maximum atomic E-state index is 13.3. The fraction of sp³-hybridized carbons (Fsp3) is 0.389. The van der Waals surface area contributed by atoms with Gasteiger partial charge >= 0.3 is 5.69 Å². The Balaban J connectivity index is 2.01. The molecule has 1 saturated heterocycles. The van der Waals surface area contributed by atoms with Gasteiger partial charge in [-0.05, 0) is 31.2 Å². The summed E-state index contributed by atoms with van der Waals surface area (Å²) in [5.74, 6) is -0.915. The number of benzene rings is 1. The predicted molar refractivity (Wildman–Crippen MR) is 99.5 cm³/mol. The monoisotopic (exact) mass is 394 g/mol. The van der Waals surface area contributed by atoms with Crippen molar-refractivity contribution in [2.45, 2.75) is 19.0 Å². The molecule has 1 aromatic heterocycles. The normalized spacial score (nSPS) is 16.5. The number of halogens is 2. The lowest BCUT2D eigenvalue weighted by molar-refractivity contribution is 0.0674. The minimum Gasteiger partial charge on any atom is -0.330 e. The Bertz CT molecular complexity index is 995. The molecule has 1 fully saturated rings. The summed E-state index contributed by atoms with van der Waals surface area (Å²) in [5.41, 5.74) is -0.400. The fourth-order valence-electron chi connectivity index (χ4n) is 3.26. The van der Waals surface area contributed by atoms with Crippen molar-refractivity contribution in [3.8, 4) is 0 Å². The van der Waals surface area contributed by atoms with Crippen LogP contribution in [0.4, 0.5) is 4.39 Å². The summed E-state index contributed by atoms with van der Waals surface area (Å²) in [4.78, 5) is 39.1. The zero-order valence-electron chi connectivity index (χ0n) is 15.0. The third-order valence-corrected chi connectivity index (χ3v) is 5.07. The second kappa shape index (κ2) is 7.66. The number of hydrogen-bond donors (Lipinski definition) is 1. The Morgan fingerprint density at radius 1 is 1.37 bits per heavy atom. The predicted octanol–water partition coefficient (Wildman–Crippen LogP) is 0.881. The highest BCUT2D eigenvalue weighted by Crippen LogP contribution is 2.22. The van der Waals surface area contributed by atoms with E-state index in [0.717, 1.165) is 23.6 Å². The molecule has 1 aromatic carbocycles. The molecule has 1 N–H and O–H groups in total. The van der Waals surface area contributed by atoms with Gasteiger partial charge < -0.3 is 14.8 Å². The molecule has 27 heavy (non-hydrogen) atoms. The van der Waals surface area contributed by atoms with Gasteiger partial charge in [0.2, 0.25) is 0 Å². The minimum absolute atomic E-state index is 0.0179. The van der Waals surface area contributed by atoms with Crippen molar-refractivity contribution in [1.29, 1.82) is 0 Å². The van der Waals surface area contributed by atoms with Gasteiger partial charge in [-0.2, -0.15) is 0 Å². The van der Waals surface area contributed by atoms with Crippen molar-refractivity contribution in [3.63, 3.8) is 0 Å². The van der Waals surface area contributed by atoms with Crippen LogP contribution in [0.15, 0.2) is 34.0 Å². The van der Waals surface area contributed by atoms with Crippen LogP contribution in [0.5, 0.6) is 0 Å². The fourth-order valence-corrected chi connectivity index (χ4v) is 3.51. The first kappa shape index (κ1) is 19.3. The summed E-state index contributed by atoms with van der Waals surface area (Å²) in [6, 6.07) is 3.47. The third kappa shape index (κ3) is 3.81. The number of aryl methyl sites for hydroxylation is 1. The molecule has 0 radical (unpaired) electrons. The smallest absolute Gasteiger partial charge is 0.330 e. The molecule has 1 amide bonds. The Morgan fingerprint density at radius 3 is 2.74 bits per heavy atom. The van der Waals surface area contributed by atoms with E-state index in [2.05, 4.69) is 5.32 Å². The van der Waals surface area contributed by atoms with Crippen molar-refractivity contribution in [2.75, 3.05) is 13.1 Å². The Kier molecular flexibility index (Phi) is 5.48. The molecular formula is C18H20ClFN4O3. The largest absolute Gasteiger partial charge is 0.330 e. The first-order valence-electron chi connectivity index (χ1n) is 8.52. The molecule has 2 heterocycles. The van der Waals surface area contributed by atoms with E-state index >= 15 is 0 Å². The van der Waals surface area contributed by atoms with Crippen molar-refractivity contribution in [3.05, 3.63) is 67.2 Å². The first-order chi connectivity index (χ1) is 12.8. The summed E-state index contributed by atoms with van der Waals surface area (Å²) >= 11 is 6.07. The van der Waals surface area contributed by atoms with Crippen LogP contribution >= 0.6 is 11.6 Å². The van der Waals surface area contributed by atoms with E-state index in [1.54, 1.807) is 11.9 Å². The molecule has 0 bridgehead atoms. The van der Waals surface area contributed by atoms with Crippen LogP contribution in [0.3, 0.4) is 0 Å². The quantitative estimate of drug-likeness (QED) is 0.835. The van der Waals surface area contributed by atoms with Gasteiger partial charge in [0.25, 0.3) is 11.5 Å². The van der Waals surface area contributed by atoms with Crippen molar-refractivity contribution >= 4 is 17.5 Å². The highest BCUT2D eigenvalue weighted by atomic mass is 35.5. The number of nitrogens with zero attached hydrogens (tertiary/aromatic N) is 3. The minimum atomic E-state index is -0.530. The molecule has 0 aliphatic carbocycles. The van der Waals surface area contributed by atoms with Gasteiger partial charge in [0.15, 0.2) is 0 Å². The standard InChI is InChI=1S/C18H20ClFN4O3/c1-22-9-11(16(25)23(2)18(22)27)10-24(13-5-6-21-8-13)17(26)14-4-3-12(20)7-15(14)19/h3-4,7,9,13,21H,5-6,8,10H2,1-2H3. The van der Waals surface area contributed by atoms with Crippen LogP contribution in [0.2, 0.25) is 5.02 Å². The van der Waals surface area contributed by atoms with Crippen molar-refractivity contribution in [1.82, 2.24) is 19.4 Å². The summed E-state index contributed by atoms with van der Waals surface area (Å²) < 4.78 is 15.7. The Morgan fingerprint density at radius 2 is 2.11 bits per heavy atom. The van der Waals surface area contributed by atoms with E-state index in [4.69, 9.17) is 11.6 Å². The van der Waals surface area contributed by atoms with Crippen molar-refractivity contribution in [2.24, 2.45) is 14.1 Å². The molecule has 2 aromatic rings. The van der Waals surface area contributed by atoms with Gasteiger partial charge in [0.1, 0.15) is 5.82 Å². The highest BCUT2D eigenvalue weighted by molar-refractivity contribution is 6.33. The molecule has 1 atom stereocenters. The summed E-state index contributed by atoms with van der Waals surface area (Å²) in [7, 11) is 2.94. The summed E-state index contributed by atoms with van der Waals surface area (Å²) in [5, 5.41) is 3.21. The van der Waals surface area contributed by atoms with Crippen LogP contribution in [-0.4, -0.2) is 39.1 Å². The number of amides is 1. The van der Waals surface area contributed by atoms with E-state index in [1.807, 2.05) is 0 Å². The molecule has 1 aliphatic rings. The summed E-state index contributed by atoms with van der Waals surface area (Å²) in [6.07, 6.45) is 2.16. The molecule has 144 valence electrons. The maximum Gasteiger partial charge on any atom is 0.330 e. The zero-order valence-corrected chi connectivity index (χ0v) is 15.8. The topological polar surface area (TPSA) is 76.3 Å².